The molecule has 7 nitrogen and oxygen atoms in total. The number of rotatable bonds is 3. The van der Waals surface area contributed by atoms with Crippen LogP contribution in [0.1, 0.15) is 24.0 Å². The number of hydrogen-bond donors (Lipinski definition) is 2. The molecule has 0 aliphatic carbocycles. The standard InChI is InChI=1S/C21H23N5O2/c1-14-2-4-15(5-3-14)12-16-8-10-26(11-9-16)21(28)20(27)22-17-6-7-18-19(13-17)24-25-23-18/h2-7,13,16H,8-12H2,1H3,(H,22,27)(H,23,24,25). The fourth-order valence-electron chi connectivity index (χ4n) is 3.64. The molecule has 7 heteroatoms. The number of aromatic amines is 1. The summed E-state index contributed by atoms with van der Waals surface area (Å²) in [4.78, 5) is 26.5. The van der Waals surface area contributed by atoms with E-state index in [0.717, 1.165) is 19.3 Å². The van der Waals surface area contributed by atoms with Crippen molar-refractivity contribution in [3.8, 4) is 0 Å². The SMILES string of the molecule is Cc1ccc(CC2CCN(C(=O)C(=O)Nc3ccc4n[nH]nc4c3)CC2)cc1. The lowest BCUT2D eigenvalue weighted by Crippen LogP contribution is -2.44. The van der Waals surface area contributed by atoms with Crippen molar-refractivity contribution in [1.82, 2.24) is 20.3 Å². The van der Waals surface area contributed by atoms with Crippen molar-refractivity contribution in [2.75, 3.05) is 18.4 Å². The Balaban J connectivity index is 1.30. The van der Waals surface area contributed by atoms with Crippen molar-refractivity contribution < 1.29 is 9.59 Å². The third-order valence-electron chi connectivity index (χ3n) is 5.32. The molecule has 0 spiro atoms. The molecule has 1 saturated heterocycles. The maximum atomic E-state index is 12.5. The molecule has 2 heterocycles. The molecule has 1 fully saturated rings. The zero-order chi connectivity index (χ0) is 19.5. The normalized spacial score (nSPS) is 15.0. The molecule has 2 N–H and O–H groups in total. The second kappa shape index (κ2) is 7.80. The van der Waals surface area contributed by atoms with E-state index >= 15 is 0 Å². The topological polar surface area (TPSA) is 91.0 Å². The van der Waals surface area contributed by atoms with E-state index < -0.39 is 11.8 Å². The van der Waals surface area contributed by atoms with Gasteiger partial charge in [0, 0.05) is 18.8 Å². The van der Waals surface area contributed by atoms with Crippen LogP contribution in [0, 0.1) is 12.8 Å². The quantitative estimate of drug-likeness (QED) is 0.687. The number of carbonyl (C=O) groups is 2. The van der Waals surface area contributed by atoms with Crippen LogP contribution in [0.2, 0.25) is 0 Å². The molecule has 0 radical (unpaired) electrons. The maximum Gasteiger partial charge on any atom is 0.313 e. The summed E-state index contributed by atoms with van der Waals surface area (Å²) in [5, 5.41) is 13.1. The Hall–Kier alpha value is -3.22. The highest BCUT2D eigenvalue weighted by atomic mass is 16.2. The Morgan fingerprint density at radius 2 is 1.79 bits per heavy atom. The first-order chi connectivity index (χ1) is 13.6. The zero-order valence-corrected chi connectivity index (χ0v) is 15.8. The number of anilines is 1. The van der Waals surface area contributed by atoms with E-state index in [9.17, 15) is 9.59 Å². The van der Waals surface area contributed by atoms with Crippen molar-refractivity contribution in [2.45, 2.75) is 26.2 Å². The van der Waals surface area contributed by atoms with Crippen LogP contribution >= 0.6 is 0 Å². The van der Waals surface area contributed by atoms with Crippen LogP contribution in [0.15, 0.2) is 42.5 Å². The predicted octanol–water partition coefficient (Wildman–Crippen LogP) is 2.69. The molecule has 1 aromatic heterocycles. The molecule has 0 saturated carbocycles. The summed E-state index contributed by atoms with van der Waals surface area (Å²) in [7, 11) is 0. The fraction of sp³-hybridized carbons (Fsp3) is 0.333. The second-order valence-corrected chi connectivity index (χ2v) is 7.41. The van der Waals surface area contributed by atoms with Gasteiger partial charge in [-0.15, -0.1) is 0 Å². The number of nitrogens with zero attached hydrogens (tertiary/aromatic N) is 3. The van der Waals surface area contributed by atoms with E-state index in [1.54, 1.807) is 23.1 Å². The van der Waals surface area contributed by atoms with Gasteiger partial charge in [-0.25, -0.2) is 0 Å². The summed E-state index contributed by atoms with van der Waals surface area (Å²) in [6.07, 6.45) is 2.85. The number of piperidine rings is 1. The summed E-state index contributed by atoms with van der Waals surface area (Å²) >= 11 is 0. The van der Waals surface area contributed by atoms with Crippen LogP contribution < -0.4 is 5.32 Å². The van der Waals surface area contributed by atoms with E-state index in [1.165, 1.54) is 11.1 Å². The van der Waals surface area contributed by atoms with Crippen molar-refractivity contribution in [3.63, 3.8) is 0 Å². The van der Waals surface area contributed by atoms with E-state index in [1.807, 2.05) is 0 Å². The van der Waals surface area contributed by atoms with Crippen LogP contribution in [-0.4, -0.2) is 45.2 Å². The number of hydrogen-bond acceptors (Lipinski definition) is 4. The van der Waals surface area contributed by atoms with Crippen LogP contribution in [0.25, 0.3) is 11.0 Å². The van der Waals surface area contributed by atoms with Gasteiger partial charge in [-0.05, 0) is 55.9 Å². The summed E-state index contributed by atoms with van der Waals surface area (Å²) in [6.45, 7) is 3.32. The highest BCUT2D eigenvalue weighted by Crippen LogP contribution is 2.22. The minimum atomic E-state index is -0.611. The molecule has 0 bridgehead atoms. The first-order valence-electron chi connectivity index (χ1n) is 9.55. The molecule has 1 aliphatic heterocycles. The lowest BCUT2D eigenvalue weighted by molar-refractivity contribution is -0.144. The highest BCUT2D eigenvalue weighted by molar-refractivity contribution is 6.39. The molecule has 2 aromatic carbocycles. The monoisotopic (exact) mass is 377 g/mol. The molecular weight excluding hydrogens is 354 g/mol. The summed E-state index contributed by atoms with van der Waals surface area (Å²) in [5.74, 6) is -0.543. The molecule has 4 rings (SSSR count). The largest absolute Gasteiger partial charge is 0.334 e. The second-order valence-electron chi connectivity index (χ2n) is 7.41. The van der Waals surface area contributed by atoms with E-state index in [2.05, 4.69) is 51.9 Å². The Labute approximate surface area is 163 Å². The van der Waals surface area contributed by atoms with Gasteiger partial charge in [0.05, 0.1) is 0 Å². The Kier molecular flexibility index (Phi) is 5.06. The smallest absolute Gasteiger partial charge is 0.313 e. The summed E-state index contributed by atoms with van der Waals surface area (Å²) in [5.41, 5.74) is 4.48. The number of nitrogens with one attached hydrogen (secondary N) is 2. The lowest BCUT2D eigenvalue weighted by atomic mass is 9.90. The van der Waals surface area contributed by atoms with Crippen LogP contribution in [0.4, 0.5) is 5.69 Å². The van der Waals surface area contributed by atoms with Gasteiger partial charge in [-0.3, -0.25) is 9.59 Å². The van der Waals surface area contributed by atoms with Crippen LogP contribution in [0.5, 0.6) is 0 Å². The van der Waals surface area contributed by atoms with Crippen molar-refractivity contribution >= 4 is 28.5 Å². The number of fused-ring (bicyclic) bond motifs is 1. The highest BCUT2D eigenvalue weighted by Gasteiger charge is 2.27. The Bertz CT molecular complexity index is 987. The minimum Gasteiger partial charge on any atom is -0.334 e. The van der Waals surface area contributed by atoms with E-state index in [4.69, 9.17) is 0 Å². The number of benzene rings is 2. The zero-order valence-electron chi connectivity index (χ0n) is 15.8. The number of H-pyrrole nitrogens is 1. The number of amides is 2. The van der Waals surface area contributed by atoms with E-state index in [0.29, 0.717) is 35.7 Å². The van der Waals surface area contributed by atoms with Gasteiger partial charge in [-0.2, -0.15) is 15.4 Å². The number of carbonyl (C=O) groups excluding carboxylic acids is 2. The maximum absolute atomic E-state index is 12.5. The van der Waals surface area contributed by atoms with Crippen molar-refractivity contribution in [2.24, 2.45) is 5.92 Å². The van der Waals surface area contributed by atoms with Gasteiger partial charge < -0.3 is 10.2 Å². The number of aromatic nitrogens is 3. The predicted molar refractivity (Wildman–Crippen MR) is 107 cm³/mol. The average Bonchev–Trinajstić information content (AvgIpc) is 3.17. The molecule has 1 aliphatic rings. The molecule has 0 unspecified atom stereocenters. The summed E-state index contributed by atoms with van der Waals surface area (Å²) in [6, 6.07) is 13.8. The van der Waals surface area contributed by atoms with Crippen molar-refractivity contribution in [1.29, 1.82) is 0 Å². The number of likely N-dealkylation sites (tertiary alicyclic amines) is 1. The average molecular weight is 377 g/mol. The molecule has 28 heavy (non-hydrogen) atoms. The third-order valence-corrected chi connectivity index (χ3v) is 5.32. The van der Waals surface area contributed by atoms with Gasteiger partial charge in [0.25, 0.3) is 0 Å². The number of aryl methyl sites for hydroxylation is 1. The third kappa shape index (κ3) is 4.03. The fourth-order valence-corrected chi connectivity index (χ4v) is 3.64. The Morgan fingerprint density at radius 3 is 2.54 bits per heavy atom. The lowest BCUT2D eigenvalue weighted by Gasteiger charge is -2.31. The molecule has 144 valence electrons. The van der Waals surface area contributed by atoms with Gasteiger partial charge in [0.15, 0.2) is 0 Å². The molecular formula is C21H23N5O2. The molecule has 0 atom stereocenters. The minimum absolute atomic E-state index is 0.478. The molecule has 2 amide bonds. The van der Waals surface area contributed by atoms with Gasteiger partial charge in [0.1, 0.15) is 11.0 Å². The van der Waals surface area contributed by atoms with Gasteiger partial charge >= 0.3 is 11.8 Å². The van der Waals surface area contributed by atoms with Gasteiger partial charge in [0.2, 0.25) is 0 Å². The summed E-state index contributed by atoms with van der Waals surface area (Å²) < 4.78 is 0. The Morgan fingerprint density at radius 1 is 1.07 bits per heavy atom. The van der Waals surface area contributed by atoms with Crippen LogP contribution in [-0.2, 0) is 16.0 Å². The van der Waals surface area contributed by atoms with E-state index in [-0.39, 0.29) is 0 Å². The molecule has 3 aromatic rings. The first kappa shape index (κ1) is 18.2. The van der Waals surface area contributed by atoms with Crippen molar-refractivity contribution in [3.05, 3.63) is 53.6 Å². The first-order valence-corrected chi connectivity index (χ1v) is 9.55. The van der Waals surface area contributed by atoms with Gasteiger partial charge in [-0.1, -0.05) is 29.8 Å². The van der Waals surface area contributed by atoms with Crippen LogP contribution in [0.3, 0.4) is 0 Å².